The summed E-state index contributed by atoms with van der Waals surface area (Å²) in [6, 6.07) is 28.6. The van der Waals surface area contributed by atoms with Crippen molar-refractivity contribution in [1.29, 1.82) is 0 Å². The molecule has 0 spiro atoms. The molecule has 6 aromatic rings. The van der Waals surface area contributed by atoms with Crippen molar-refractivity contribution < 1.29 is 80.9 Å². The maximum Gasteiger partial charge on any atom is 0.409 e. The summed E-state index contributed by atoms with van der Waals surface area (Å²) in [5.41, 5.74) is 2.08. The van der Waals surface area contributed by atoms with Gasteiger partial charge < -0.3 is 74.4 Å². The van der Waals surface area contributed by atoms with Crippen LogP contribution in [0.25, 0.3) is 21.5 Å². The van der Waals surface area contributed by atoms with Gasteiger partial charge in [-0.1, -0.05) is 56.1 Å². The lowest BCUT2D eigenvalue weighted by atomic mass is 9.98. The molecule has 0 aliphatic carbocycles. The van der Waals surface area contributed by atoms with Gasteiger partial charge in [-0.2, -0.15) is 0 Å². The number of hydrogen-bond acceptors (Lipinski definition) is 19. The Morgan fingerprint density at radius 2 is 0.910 bits per heavy atom. The number of ether oxygens (including phenoxy) is 7. The molecule has 4 amide bonds. The lowest BCUT2D eigenvalue weighted by Gasteiger charge is -2.32. The minimum absolute atomic E-state index is 0.0112. The number of nitrogens with zero attached hydrogens (tertiary/aromatic N) is 6. The van der Waals surface area contributed by atoms with Gasteiger partial charge in [-0.25, -0.2) is 23.2 Å². The predicted molar refractivity (Wildman–Crippen MR) is 381 cm³/mol. The second kappa shape index (κ2) is 38.4. The van der Waals surface area contributed by atoms with E-state index in [4.69, 9.17) is 33.2 Å². The second-order valence-electron chi connectivity index (χ2n) is 24.8. The molecule has 0 unspecified atom stereocenters. The Morgan fingerprint density at radius 3 is 1.32 bits per heavy atom. The number of aliphatic carboxylic acids is 2. The highest BCUT2D eigenvalue weighted by molar-refractivity contribution is 9.10. The van der Waals surface area contributed by atoms with Crippen LogP contribution in [0.5, 0.6) is 23.0 Å². The highest BCUT2D eigenvalue weighted by Crippen LogP contribution is 2.40. The summed E-state index contributed by atoms with van der Waals surface area (Å²) in [7, 11) is 3.14. The summed E-state index contributed by atoms with van der Waals surface area (Å²) < 4.78 is 72.2. The van der Waals surface area contributed by atoms with E-state index in [9.17, 15) is 47.8 Å². The zero-order chi connectivity index (χ0) is 70.9. The van der Waals surface area contributed by atoms with E-state index in [0.29, 0.717) is 178 Å². The van der Waals surface area contributed by atoms with Gasteiger partial charge in [0.05, 0.1) is 58.4 Å². The first kappa shape index (κ1) is 75.7. The fourth-order valence-electron chi connectivity index (χ4n) is 12.1. The molecule has 0 aromatic heterocycles. The summed E-state index contributed by atoms with van der Waals surface area (Å²) in [4.78, 5) is 86.2. The summed E-state index contributed by atoms with van der Waals surface area (Å²) in [6.45, 7) is 6.12. The lowest BCUT2D eigenvalue weighted by Crippen LogP contribution is -2.43. The number of rotatable bonds is 32. The van der Waals surface area contributed by atoms with Crippen molar-refractivity contribution in [2.75, 3.05) is 176 Å². The van der Waals surface area contributed by atoms with E-state index >= 15 is 0 Å². The number of carbonyl (C=O) groups excluding carboxylic acids is 4. The van der Waals surface area contributed by atoms with Gasteiger partial charge >= 0.3 is 30.2 Å². The van der Waals surface area contributed by atoms with E-state index in [1.54, 1.807) is 58.1 Å². The summed E-state index contributed by atoms with van der Waals surface area (Å²) >= 11 is 6.62. The van der Waals surface area contributed by atoms with Crippen molar-refractivity contribution in [3.05, 3.63) is 118 Å². The van der Waals surface area contributed by atoms with Crippen LogP contribution in [-0.4, -0.2) is 241 Å². The highest BCUT2D eigenvalue weighted by Gasteiger charge is 2.28. The third-order valence-electron chi connectivity index (χ3n) is 17.8. The Balaban J connectivity index is 0.712. The van der Waals surface area contributed by atoms with Gasteiger partial charge in [0.25, 0.3) is 0 Å². The van der Waals surface area contributed by atoms with Crippen LogP contribution < -0.4 is 40.2 Å². The number of nitrogens with one attached hydrogen (secondary N) is 4. The molecule has 29 heteroatoms. The summed E-state index contributed by atoms with van der Waals surface area (Å²) in [6.07, 6.45) is 2.22. The minimum Gasteiger partial charge on any atom is -0.493 e. The Hall–Kier alpha value is -8.48. The van der Waals surface area contributed by atoms with Gasteiger partial charge in [0.15, 0.2) is 23.0 Å². The molecule has 3 saturated heterocycles. The number of methoxy groups -OCH3 is 2. The quantitative estimate of drug-likeness (QED) is 0.0169. The number of halogens is 4. The lowest BCUT2D eigenvalue weighted by molar-refractivity contribution is -0.140. The van der Waals surface area contributed by atoms with E-state index in [-0.39, 0.29) is 83.4 Å². The molecular weight excluding hydrogens is 1430 g/mol. The van der Waals surface area contributed by atoms with Gasteiger partial charge in [-0.15, -0.1) is 0 Å². The molecule has 6 N–H and O–H groups in total. The largest absolute Gasteiger partial charge is 0.493 e. The average molecular weight is 1520 g/mol. The normalized spacial score (nSPS) is 15.3. The molecule has 3 fully saturated rings. The number of amides is 4. The van der Waals surface area contributed by atoms with Crippen molar-refractivity contribution in [2.45, 2.75) is 38.5 Å². The van der Waals surface area contributed by atoms with E-state index in [1.807, 2.05) is 70.5 Å². The van der Waals surface area contributed by atoms with Gasteiger partial charge in [-0.3, -0.25) is 34.0 Å². The Kier molecular flexibility index (Phi) is 29.0. The Morgan fingerprint density at radius 1 is 0.500 bits per heavy atom. The van der Waals surface area contributed by atoms with Gasteiger partial charge in [0.1, 0.15) is 31.5 Å². The highest BCUT2D eigenvalue weighted by atomic mass is 79.9. The number of hydrogen-bond donors (Lipinski definition) is 6. The molecular formula is C71H88Br2F2N10O15. The number of carboxylic acid groups (broad SMARTS) is 2. The van der Waals surface area contributed by atoms with Crippen LogP contribution in [0, 0.1) is 23.5 Å². The van der Waals surface area contributed by atoms with Crippen molar-refractivity contribution >= 4 is 112 Å². The zero-order valence-electron chi connectivity index (χ0n) is 56.3. The van der Waals surface area contributed by atoms with E-state index < -0.39 is 41.9 Å². The number of unbranched alkanes of at least 4 members (excludes halogenated alkanes) is 1. The summed E-state index contributed by atoms with van der Waals surface area (Å²) in [5, 5.41) is 34.2. The number of alkyl carbamates (subject to hydrolysis) is 1. The van der Waals surface area contributed by atoms with Crippen LogP contribution in [0.4, 0.5) is 45.9 Å². The van der Waals surface area contributed by atoms with E-state index in [2.05, 4.69) is 53.1 Å². The maximum absolute atomic E-state index is 14.8. The number of likely N-dealkylation sites (tertiary alicyclic amines) is 2. The number of carbonyl (C=O) groups is 6. The molecule has 0 saturated carbocycles. The van der Waals surface area contributed by atoms with Crippen molar-refractivity contribution in [3.63, 3.8) is 0 Å². The maximum atomic E-state index is 14.8. The predicted octanol–water partition coefficient (Wildman–Crippen LogP) is 10.5. The second-order valence-corrected chi connectivity index (χ2v) is 26.7. The van der Waals surface area contributed by atoms with E-state index in [0.717, 1.165) is 21.5 Å². The monoisotopic (exact) mass is 1520 g/mol. The van der Waals surface area contributed by atoms with Crippen LogP contribution in [-0.2, 0) is 28.6 Å². The molecule has 100 heavy (non-hydrogen) atoms. The number of fused-ring (bicyclic) bond motifs is 2. The van der Waals surface area contributed by atoms with Crippen LogP contribution in [0.15, 0.2) is 106 Å². The molecule has 25 nitrogen and oxygen atoms in total. The molecule has 3 heterocycles. The van der Waals surface area contributed by atoms with Crippen LogP contribution >= 0.6 is 31.9 Å². The zero-order valence-corrected chi connectivity index (χ0v) is 59.5. The standard InChI is InChI=1S/C71H88Br2F2N10O15/c1-94-62-41-54-50(7-5-9-58(54)78-60-13-11-52(72)39-56(60)74)37-64(62)99-46-48-15-21-84(22-16-48)70(92)97-35-32-80(31-34-96-69(91)77-20-4-3-19-76-66(86)43-81-25-27-82(44-67(87)88)29-30-83(28-26-81)45-68(89)90)33-36-98-71(93)85-23-17-49(18-24-85)47-100-65-38-51-8-6-10-59(55(51)42-63(65)95-2)79-61-14-12-53(73)40-57(61)75/h5-14,37-42,48-49,78-79H,3-4,15-36,43-47H2,1-2H3,(H,76,86)(H,77,91)(H,87,88)(H,89,90). The first-order valence-corrected chi connectivity index (χ1v) is 35.2. The van der Waals surface area contributed by atoms with Crippen LogP contribution in [0.2, 0.25) is 0 Å². The molecule has 3 aliphatic rings. The molecule has 6 aromatic carbocycles. The molecule has 9 rings (SSSR count). The number of piperidine rings is 2. The third kappa shape index (κ3) is 23.3. The van der Waals surface area contributed by atoms with Crippen LogP contribution in [0.1, 0.15) is 38.5 Å². The van der Waals surface area contributed by atoms with Crippen LogP contribution in [0.3, 0.4) is 0 Å². The molecule has 0 radical (unpaired) electrons. The van der Waals surface area contributed by atoms with Gasteiger partial charge in [-0.05, 0) is 134 Å². The first-order chi connectivity index (χ1) is 48.4. The van der Waals surface area contributed by atoms with Gasteiger partial charge in [0.2, 0.25) is 5.91 Å². The smallest absolute Gasteiger partial charge is 0.409 e. The third-order valence-corrected chi connectivity index (χ3v) is 18.8. The number of anilines is 4. The average Bonchev–Trinajstić information content (AvgIpc) is 0.836. The van der Waals surface area contributed by atoms with E-state index in [1.165, 1.54) is 12.1 Å². The molecule has 0 bridgehead atoms. The molecule has 540 valence electrons. The summed E-state index contributed by atoms with van der Waals surface area (Å²) in [5.74, 6) is -0.519. The topological polar surface area (TPSA) is 275 Å². The molecule has 0 atom stereocenters. The fourth-order valence-corrected chi connectivity index (χ4v) is 12.8. The van der Waals surface area contributed by atoms with Crippen molar-refractivity contribution in [3.8, 4) is 23.0 Å². The number of benzene rings is 6. The SMILES string of the molecule is COc1cc2c(Nc3ccc(Br)cc3F)cccc2cc1OCC1CCN(C(=O)OCCN(CCOC(=O)NCCCCNC(=O)CN2CCN(CC(=O)O)CCN(CC(=O)O)CC2)CCOC(=O)N2CCC(COc3cc4cccc(Nc5ccc(Br)cc5F)c4cc3OC)CC2)CC1. The van der Waals surface area contributed by atoms with Crippen molar-refractivity contribution in [1.82, 2.24) is 40.0 Å². The Bertz CT molecular complexity index is 3540. The molecule has 3 aliphatic heterocycles. The minimum atomic E-state index is -0.985. The van der Waals surface area contributed by atoms with Gasteiger partial charge in [0, 0.05) is 129 Å². The van der Waals surface area contributed by atoms with Crippen molar-refractivity contribution in [2.24, 2.45) is 11.8 Å². The Labute approximate surface area is 596 Å². The first-order valence-electron chi connectivity index (χ1n) is 33.6. The fraction of sp³-hybridized carbons (Fsp3) is 0.465. The number of carboxylic acids is 2.